The average molecular weight is 316 g/mol. The molecule has 1 amide bonds. The lowest BCUT2D eigenvalue weighted by Crippen LogP contribution is -2.47. The first kappa shape index (κ1) is 16.3. The van der Waals surface area contributed by atoms with Crippen molar-refractivity contribution >= 4 is 5.91 Å². The molecular formula is C19H28N2O2. The number of hydrogen-bond donors (Lipinski definition) is 0. The van der Waals surface area contributed by atoms with Crippen molar-refractivity contribution in [3.05, 3.63) is 29.8 Å². The fourth-order valence-corrected chi connectivity index (χ4v) is 3.99. The Morgan fingerprint density at radius 1 is 1.17 bits per heavy atom. The summed E-state index contributed by atoms with van der Waals surface area (Å²) in [5, 5.41) is 0. The highest BCUT2D eigenvalue weighted by atomic mass is 16.5. The summed E-state index contributed by atoms with van der Waals surface area (Å²) in [5.74, 6) is 0.817. The summed E-state index contributed by atoms with van der Waals surface area (Å²) >= 11 is 0. The van der Waals surface area contributed by atoms with Crippen molar-refractivity contribution in [3.8, 4) is 5.75 Å². The third kappa shape index (κ3) is 3.52. The molecule has 2 saturated heterocycles. The zero-order valence-electron chi connectivity index (χ0n) is 14.3. The van der Waals surface area contributed by atoms with Crippen LogP contribution < -0.4 is 4.74 Å². The smallest absolute Gasteiger partial charge is 0.257 e. The van der Waals surface area contributed by atoms with Crippen LogP contribution in [0.25, 0.3) is 0 Å². The third-order valence-corrected chi connectivity index (χ3v) is 5.24. The van der Waals surface area contributed by atoms with E-state index in [2.05, 4.69) is 11.8 Å². The zero-order chi connectivity index (χ0) is 16.2. The number of piperidine rings is 1. The fourth-order valence-electron chi connectivity index (χ4n) is 3.99. The van der Waals surface area contributed by atoms with Gasteiger partial charge in [-0.3, -0.25) is 9.69 Å². The number of rotatable bonds is 4. The lowest BCUT2D eigenvalue weighted by atomic mass is 10.0. The van der Waals surface area contributed by atoms with Crippen molar-refractivity contribution in [2.75, 3.05) is 26.2 Å². The Kier molecular flexibility index (Phi) is 5.21. The second-order valence-corrected chi connectivity index (χ2v) is 6.68. The predicted molar refractivity (Wildman–Crippen MR) is 91.9 cm³/mol. The lowest BCUT2D eigenvalue weighted by molar-refractivity contribution is 0.0607. The first-order chi connectivity index (χ1) is 11.2. The molecule has 0 saturated carbocycles. The molecule has 2 heterocycles. The van der Waals surface area contributed by atoms with Gasteiger partial charge in [-0.15, -0.1) is 0 Å². The molecule has 3 rings (SSSR count). The molecule has 0 N–H and O–H groups in total. The molecule has 2 fully saturated rings. The van der Waals surface area contributed by atoms with E-state index in [4.69, 9.17) is 4.74 Å². The Bertz CT molecular complexity index is 538. The summed E-state index contributed by atoms with van der Waals surface area (Å²) in [5.41, 5.74) is 0.697. The monoisotopic (exact) mass is 316 g/mol. The molecule has 1 aromatic rings. The summed E-state index contributed by atoms with van der Waals surface area (Å²) in [6, 6.07) is 8.95. The summed E-state index contributed by atoms with van der Waals surface area (Å²) in [7, 11) is 0. The minimum Gasteiger partial charge on any atom is -0.493 e. The summed E-state index contributed by atoms with van der Waals surface area (Å²) in [6.07, 6.45) is 4.82. The van der Waals surface area contributed by atoms with Gasteiger partial charge in [0.15, 0.2) is 0 Å². The van der Waals surface area contributed by atoms with Crippen LogP contribution in [0.2, 0.25) is 0 Å². The highest BCUT2D eigenvalue weighted by molar-refractivity contribution is 5.97. The highest BCUT2D eigenvalue weighted by Gasteiger charge is 2.32. The van der Waals surface area contributed by atoms with Gasteiger partial charge < -0.3 is 9.64 Å². The van der Waals surface area contributed by atoms with Crippen molar-refractivity contribution in [2.45, 2.75) is 51.6 Å². The normalized spacial score (nSPS) is 23.2. The molecule has 0 radical (unpaired) electrons. The standard InChI is InChI=1S/C19H28N2O2/c1-3-23-18-9-5-4-8-17(18)19(22)20-13-10-16(11-14-20)21-12-6-7-15(21)2/h4-5,8-9,15-16H,3,6-7,10-14H2,1-2H3/t15-/m1/s1. The van der Waals surface area contributed by atoms with Gasteiger partial charge in [0.1, 0.15) is 5.75 Å². The van der Waals surface area contributed by atoms with Crippen molar-refractivity contribution in [1.82, 2.24) is 9.80 Å². The fraction of sp³-hybridized carbons (Fsp3) is 0.632. The maximum Gasteiger partial charge on any atom is 0.257 e. The Balaban J connectivity index is 1.62. The Labute approximate surface area is 139 Å². The van der Waals surface area contributed by atoms with Crippen LogP contribution in [0.4, 0.5) is 0 Å². The molecular weight excluding hydrogens is 288 g/mol. The van der Waals surface area contributed by atoms with Crippen LogP contribution in [-0.2, 0) is 0 Å². The number of likely N-dealkylation sites (tertiary alicyclic amines) is 2. The largest absolute Gasteiger partial charge is 0.493 e. The van der Waals surface area contributed by atoms with E-state index < -0.39 is 0 Å². The number of nitrogens with zero attached hydrogens (tertiary/aromatic N) is 2. The van der Waals surface area contributed by atoms with E-state index in [1.165, 1.54) is 19.4 Å². The van der Waals surface area contributed by atoms with E-state index in [1.807, 2.05) is 36.1 Å². The number of carbonyl (C=O) groups excluding carboxylic acids is 1. The number of ether oxygens (including phenoxy) is 1. The van der Waals surface area contributed by atoms with Crippen LogP contribution in [0.3, 0.4) is 0 Å². The Morgan fingerprint density at radius 2 is 1.91 bits per heavy atom. The van der Waals surface area contributed by atoms with Gasteiger partial charge in [-0.25, -0.2) is 0 Å². The van der Waals surface area contributed by atoms with Gasteiger partial charge in [-0.2, -0.15) is 0 Å². The van der Waals surface area contributed by atoms with Crippen LogP contribution in [-0.4, -0.2) is 54.0 Å². The van der Waals surface area contributed by atoms with Gasteiger partial charge in [-0.1, -0.05) is 12.1 Å². The van der Waals surface area contributed by atoms with Crippen LogP contribution >= 0.6 is 0 Å². The van der Waals surface area contributed by atoms with E-state index in [1.54, 1.807) is 0 Å². The molecule has 0 bridgehead atoms. The summed E-state index contributed by atoms with van der Waals surface area (Å²) < 4.78 is 5.61. The molecule has 126 valence electrons. The molecule has 4 heteroatoms. The minimum absolute atomic E-state index is 0.113. The van der Waals surface area contributed by atoms with E-state index in [9.17, 15) is 4.79 Å². The van der Waals surface area contributed by atoms with E-state index in [0.717, 1.165) is 25.9 Å². The number of benzene rings is 1. The van der Waals surface area contributed by atoms with Gasteiger partial charge in [0.2, 0.25) is 0 Å². The molecule has 23 heavy (non-hydrogen) atoms. The second-order valence-electron chi connectivity index (χ2n) is 6.68. The van der Waals surface area contributed by atoms with Crippen molar-refractivity contribution in [3.63, 3.8) is 0 Å². The molecule has 0 aliphatic carbocycles. The number of amides is 1. The highest BCUT2D eigenvalue weighted by Crippen LogP contribution is 2.27. The van der Waals surface area contributed by atoms with Gasteiger partial charge in [0.05, 0.1) is 12.2 Å². The first-order valence-corrected chi connectivity index (χ1v) is 8.97. The van der Waals surface area contributed by atoms with Gasteiger partial charge in [0.25, 0.3) is 5.91 Å². The second kappa shape index (κ2) is 7.35. The lowest BCUT2D eigenvalue weighted by Gasteiger charge is -2.38. The molecule has 4 nitrogen and oxygen atoms in total. The van der Waals surface area contributed by atoms with Gasteiger partial charge in [0, 0.05) is 25.2 Å². The molecule has 0 spiro atoms. The molecule has 0 unspecified atom stereocenters. The Morgan fingerprint density at radius 3 is 2.57 bits per heavy atom. The van der Waals surface area contributed by atoms with Gasteiger partial charge in [-0.05, 0) is 58.2 Å². The van der Waals surface area contributed by atoms with Crippen LogP contribution in [0, 0.1) is 0 Å². The topological polar surface area (TPSA) is 32.8 Å². The number of hydrogen-bond acceptors (Lipinski definition) is 3. The van der Waals surface area contributed by atoms with Crippen molar-refractivity contribution in [2.24, 2.45) is 0 Å². The molecule has 1 atom stereocenters. The van der Waals surface area contributed by atoms with E-state index in [-0.39, 0.29) is 5.91 Å². The molecule has 2 aliphatic rings. The third-order valence-electron chi connectivity index (χ3n) is 5.24. The SMILES string of the molecule is CCOc1ccccc1C(=O)N1CCC(N2CCC[C@H]2C)CC1. The molecule has 1 aromatic carbocycles. The first-order valence-electron chi connectivity index (χ1n) is 8.97. The average Bonchev–Trinajstić information content (AvgIpc) is 3.01. The maximum absolute atomic E-state index is 12.8. The number of carbonyl (C=O) groups is 1. The predicted octanol–water partition coefficient (Wildman–Crippen LogP) is 3.17. The zero-order valence-corrected chi connectivity index (χ0v) is 14.3. The van der Waals surface area contributed by atoms with Crippen LogP contribution in [0.1, 0.15) is 49.9 Å². The summed E-state index contributed by atoms with van der Waals surface area (Å²) in [6.45, 7) is 7.80. The minimum atomic E-state index is 0.113. The van der Waals surface area contributed by atoms with E-state index >= 15 is 0 Å². The van der Waals surface area contributed by atoms with Crippen LogP contribution in [0.15, 0.2) is 24.3 Å². The molecule has 0 aromatic heterocycles. The Hall–Kier alpha value is -1.55. The van der Waals surface area contributed by atoms with Crippen LogP contribution in [0.5, 0.6) is 5.75 Å². The molecule has 2 aliphatic heterocycles. The maximum atomic E-state index is 12.8. The van der Waals surface area contributed by atoms with Crippen molar-refractivity contribution in [1.29, 1.82) is 0 Å². The van der Waals surface area contributed by atoms with Crippen molar-refractivity contribution < 1.29 is 9.53 Å². The number of para-hydroxylation sites is 1. The quantitative estimate of drug-likeness (QED) is 0.855. The summed E-state index contributed by atoms with van der Waals surface area (Å²) in [4.78, 5) is 17.5. The van der Waals surface area contributed by atoms with E-state index in [0.29, 0.717) is 30.0 Å². The van der Waals surface area contributed by atoms with Gasteiger partial charge >= 0.3 is 0 Å².